The molecule has 0 saturated heterocycles. The molecule has 135 valence electrons. The van der Waals surface area contributed by atoms with Crippen LogP contribution in [0.3, 0.4) is 0 Å². The molecule has 5 heteroatoms. The Balaban J connectivity index is -0.000000295. The third-order valence-electron chi connectivity index (χ3n) is 3.57. The standard InChI is InChI=1S/2C8H19NO.Cu/c2*1-4-6-9-8(10)7(3)5-2;/h2*7-10H,4-6H2,1-3H3;. The van der Waals surface area contributed by atoms with Crippen molar-refractivity contribution in [2.24, 2.45) is 11.8 Å². The number of aliphatic hydroxyl groups is 2. The van der Waals surface area contributed by atoms with Gasteiger partial charge in [0.2, 0.25) is 0 Å². The minimum atomic E-state index is -0.315. The van der Waals surface area contributed by atoms with Crippen LogP contribution < -0.4 is 10.6 Å². The van der Waals surface area contributed by atoms with E-state index in [9.17, 15) is 10.2 Å². The quantitative estimate of drug-likeness (QED) is 0.360. The van der Waals surface area contributed by atoms with Crippen molar-refractivity contribution in [1.82, 2.24) is 10.6 Å². The Hall–Kier alpha value is 0.359. The molecule has 21 heavy (non-hydrogen) atoms. The summed E-state index contributed by atoms with van der Waals surface area (Å²) in [7, 11) is 0. The van der Waals surface area contributed by atoms with Gasteiger partial charge in [0.1, 0.15) is 12.5 Å². The molecule has 0 aliphatic rings. The second-order valence-corrected chi connectivity index (χ2v) is 5.57. The third-order valence-corrected chi connectivity index (χ3v) is 3.57. The van der Waals surface area contributed by atoms with E-state index >= 15 is 0 Å². The van der Waals surface area contributed by atoms with Crippen LogP contribution in [-0.4, -0.2) is 35.8 Å². The largest absolute Gasteiger partial charge is 0.378 e. The molecule has 0 amide bonds. The van der Waals surface area contributed by atoms with Gasteiger partial charge >= 0.3 is 0 Å². The second kappa shape index (κ2) is 18.4. The van der Waals surface area contributed by atoms with E-state index < -0.39 is 0 Å². The molecule has 4 N–H and O–H groups in total. The summed E-state index contributed by atoms with van der Waals surface area (Å²) in [5, 5.41) is 24.8. The first kappa shape index (κ1) is 26.3. The first-order valence-electron chi connectivity index (χ1n) is 8.27. The zero-order chi connectivity index (χ0) is 16.0. The van der Waals surface area contributed by atoms with E-state index in [1.807, 2.05) is 13.8 Å². The molecule has 0 aliphatic carbocycles. The maximum atomic E-state index is 9.34. The van der Waals surface area contributed by atoms with Gasteiger partial charge in [0.15, 0.2) is 0 Å². The zero-order valence-corrected chi connectivity index (χ0v) is 15.7. The number of hydrogen-bond acceptors (Lipinski definition) is 4. The molecule has 4 nitrogen and oxygen atoms in total. The summed E-state index contributed by atoms with van der Waals surface area (Å²) in [5.74, 6) is 0.734. The minimum absolute atomic E-state index is 0. The molecular formula is C16H38CuN2O2. The van der Waals surface area contributed by atoms with E-state index in [4.69, 9.17) is 0 Å². The van der Waals surface area contributed by atoms with Gasteiger partial charge in [0.05, 0.1) is 0 Å². The SMILES string of the molecule is CCCNC(O)C(C)CC.CCCNC(O)C(C)CC.[Cu]. The van der Waals surface area contributed by atoms with E-state index in [1.165, 1.54) is 0 Å². The molecule has 0 bridgehead atoms. The van der Waals surface area contributed by atoms with Crippen molar-refractivity contribution in [3.8, 4) is 0 Å². The van der Waals surface area contributed by atoms with Crippen LogP contribution in [0.1, 0.15) is 67.2 Å². The third kappa shape index (κ3) is 16.6. The van der Waals surface area contributed by atoms with Gasteiger partial charge in [-0.1, -0.05) is 41.5 Å². The average Bonchev–Trinajstić information content (AvgIpc) is 2.48. The molecule has 4 atom stereocenters. The Labute approximate surface area is 143 Å². The zero-order valence-electron chi connectivity index (χ0n) is 14.7. The van der Waals surface area contributed by atoms with Gasteiger partial charge in [-0.15, -0.1) is 0 Å². The molecule has 0 fully saturated rings. The number of hydrogen-bond donors (Lipinski definition) is 4. The van der Waals surface area contributed by atoms with E-state index in [0.29, 0.717) is 11.8 Å². The summed E-state index contributed by atoms with van der Waals surface area (Å²) in [4.78, 5) is 0. The molecule has 0 aliphatic heterocycles. The molecule has 0 rings (SSSR count). The predicted molar refractivity (Wildman–Crippen MR) is 87.5 cm³/mol. The van der Waals surface area contributed by atoms with E-state index in [-0.39, 0.29) is 29.5 Å². The molecule has 0 saturated carbocycles. The van der Waals surface area contributed by atoms with Gasteiger partial charge in [0.25, 0.3) is 0 Å². The van der Waals surface area contributed by atoms with E-state index in [1.54, 1.807) is 0 Å². The van der Waals surface area contributed by atoms with Crippen molar-refractivity contribution < 1.29 is 27.3 Å². The topological polar surface area (TPSA) is 64.5 Å². The summed E-state index contributed by atoms with van der Waals surface area (Å²) in [6.45, 7) is 14.3. The van der Waals surface area contributed by atoms with Crippen molar-refractivity contribution in [2.45, 2.75) is 79.7 Å². The Bertz CT molecular complexity index is 177. The van der Waals surface area contributed by atoms with Gasteiger partial charge in [-0.05, 0) is 50.6 Å². The summed E-state index contributed by atoms with van der Waals surface area (Å²) in [6, 6.07) is 0. The van der Waals surface area contributed by atoms with Crippen molar-refractivity contribution in [3.05, 3.63) is 0 Å². The van der Waals surface area contributed by atoms with Gasteiger partial charge in [0, 0.05) is 17.1 Å². The first-order valence-corrected chi connectivity index (χ1v) is 8.27. The van der Waals surface area contributed by atoms with Crippen molar-refractivity contribution >= 4 is 0 Å². The average molecular weight is 354 g/mol. The minimum Gasteiger partial charge on any atom is -0.378 e. The fourth-order valence-corrected chi connectivity index (χ4v) is 1.43. The van der Waals surface area contributed by atoms with Crippen LogP contribution in [-0.2, 0) is 17.1 Å². The molecule has 1 radical (unpaired) electrons. The number of aliphatic hydroxyl groups excluding tert-OH is 2. The summed E-state index contributed by atoms with van der Waals surface area (Å²) in [5.41, 5.74) is 0. The summed E-state index contributed by atoms with van der Waals surface area (Å²) >= 11 is 0. The van der Waals surface area contributed by atoms with Crippen LogP contribution in [0.2, 0.25) is 0 Å². The van der Waals surface area contributed by atoms with E-state index in [2.05, 4.69) is 38.3 Å². The van der Waals surface area contributed by atoms with Crippen molar-refractivity contribution in [3.63, 3.8) is 0 Å². The second-order valence-electron chi connectivity index (χ2n) is 5.57. The molecule has 0 heterocycles. The van der Waals surface area contributed by atoms with Gasteiger partial charge in [-0.3, -0.25) is 10.6 Å². The van der Waals surface area contributed by atoms with Crippen LogP contribution in [0, 0.1) is 11.8 Å². The van der Waals surface area contributed by atoms with Crippen LogP contribution in [0.25, 0.3) is 0 Å². The van der Waals surface area contributed by atoms with Gasteiger partial charge in [-0.2, -0.15) is 0 Å². The fraction of sp³-hybridized carbons (Fsp3) is 1.00. The maximum Gasteiger partial charge on any atom is 0.107 e. The molecule has 4 unspecified atom stereocenters. The Morgan fingerprint density at radius 3 is 1.19 bits per heavy atom. The normalized spacial score (nSPS) is 16.0. The first-order chi connectivity index (χ1) is 9.44. The van der Waals surface area contributed by atoms with Crippen molar-refractivity contribution in [2.75, 3.05) is 13.1 Å². The van der Waals surface area contributed by atoms with Crippen molar-refractivity contribution in [1.29, 1.82) is 0 Å². The maximum absolute atomic E-state index is 9.34. The van der Waals surface area contributed by atoms with E-state index in [0.717, 1.165) is 38.8 Å². The monoisotopic (exact) mass is 353 g/mol. The van der Waals surface area contributed by atoms with Crippen LogP contribution in [0.5, 0.6) is 0 Å². The molecule has 0 aromatic carbocycles. The summed E-state index contributed by atoms with van der Waals surface area (Å²) in [6.07, 6.45) is 3.58. The van der Waals surface area contributed by atoms with Crippen LogP contribution >= 0.6 is 0 Å². The number of rotatable bonds is 10. The molecule has 0 aromatic rings. The summed E-state index contributed by atoms with van der Waals surface area (Å²) < 4.78 is 0. The van der Waals surface area contributed by atoms with Crippen LogP contribution in [0.15, 0.2) is 0 Å². The molecule has 0 aromatic heterocycles. The molecular weight excluding hydrogens is 316 g/mol. The van der Waals surface area contributed by atoms with Crippen LogP contribution in [0.4, 0.5) is 0 Å². The smallest absolute Gasteiger partial charge is 0.107 e. The number of nitrogens with one attached hydrogen (secondary N) is 2. The van der Waals surface area contributed by atoms with Gasteiger partial charge < -0.3 is 10.2 Å². The predicted octanol–water partition coefficient (Wildman–Crippen LogP) is 2.70. The van der Waals surface area contributed by atoms with Gasteiger partial charge in [-0.25, -0.2) is 0 Å². The Morgan fingerprint density at radius 2 is 1.00 bits per heavy atom. The fourth-order valence-electron chi connectivity index (χ4n) is 1.43. The Kier molecular flexibility index (Phi) is 23.0. The molecule has 0 spiro atoms. The Morgan fingerprint density at radius 1 is 0.714 bits per heavy atom.